The van der Waals surface area contributed by atoms with Crippen LogP contribution < -0.4 is 5.32 Å². The normalized spacial score (nSPS) is 29.1. The first-order valence-corrected chi connectivity index (χ1v) is 7.41. The van der Waals surface area contributed by atoms with E-state index < -0.39 is 0 Å². The Balaban J connectivity index is 1.61. The predicted molar refractivity (Wildman–Crippen MR) is 71.6 cm³/mol. The number of nitrogens with zero attached hydrogens (tertiary/aromatic N) is 1. The van der Waals surface area contributed by atoms with Gasteiger partial charge >= 0.3 is 6.09 Å². The standard InChI is InChI=1S/C14H26N2O2/c1-12-5-4-9-16(11-12)14(17)18-10-7-13-6-2-3-8-15-13/h12-13,15H,2-11H2,1H3. The topological polar surface area (TPSA) is 41.6 Å². The molecule has 2 unspecified atom stereocenters. The molecule has 2 heterocycles. The lowest BCUT2D eigenvalue weighted by Gasteiger charge is -2.30. The van der Waals surface area contributed by atoms with Crippen molar-refractivity contribution in [2.75, 3.05) is 26.2 Å². The molecule has 0 aliphatic carbocycles. The van der Waals surface area contributed by atoms with Crippen molar-refractivity contribution in [3.63, 3.8) is 0 Å². The van der Waals surface area contributed by atoms with Gasteiger partial charge in [0.2, 0.25) is 0 Å². The van der Waals surface area contributed by atoms with Crippen molar-refractivity contribution in [1.82, 2.24) is 10.2 Å². The van der Waals surface area contributed by atoms with Gasteiger partial charge in [-0.05, 0) is 44.6 Å². The van der Waals surface area contributed by atoms with Crippen molar-refractivity contribution in [3.8, 4) is 0 Å². The molecular weight excluding hydrogens is 228 g/mol. The number of carbonyl (C=O) groups excluding carboxylic acids is 1. The summed E-state index contributed by atoms with van der Waals surface area (Å²) in [6.45, 7) is 5.60. The fourth-order valence-corrected chi connectivity index (χ4v) is 2.91. The first kappa shape index (κ1) is 13.7. The highest BCUT2D eigenvalue weighted by Gasteiger charge is 2.22. The maximum atomic E-state index is 11.9. The highest BCUT2D eigenvalue weighted by atomic mass is 16.6. The Morgan fingerprint density at radius 1 is 1.33 bits per heavy atom. The van der Waals surface area contributed by atoms with Gasteiger partial charge in [0.1, 0.15) is 0 Å². The second-order valence-electron chi connectivity index (χ2n) is 5.74. The van der Waals surface area contributed by atoms with E-state index in [4.69, 9.17) is 4.74 Å². The van der Waals surface area contributed by atoms with Crippen LogP contribution in [0.15, 0.2) is 0 Å². The van der Waals surface area contributed by atoms with Crippen LogP contribution in [0, 0.1) is 5.92 Å². The second-order valence-corrected chi connectivity index (χ2v) is 5.74. The van der Waals surface area contributed by atoms with Crippen LogP contribution in [0.25, 0.3) is 0 Å². The zero-order valence-electron chi connectivity index (χ0n) is 11.5. The molecule has 0 aromatic carbocycles. The minimum atomic E-state index is -0.114. The number of likely N-dealkylation sites (tertiary alicyclic amines) is 1. The van der Waals surface area contributed by atoms with Crippen molar-refractivity contribution >= 4 is 6.09 Å². The summed E-state index contributed by atoms with van der Waals surface area (Å²) in [5.74, 6) is 0.617. The summed E-state index contributed by atoms with van der Waals surface area (Å²) >= 11 is 0. The molecule has 0 aromatic heterocycles. The van der Waals surface area contributed by atoms with E-state index in [1.807, 2.05) is 4.90 Å². The number of ether oxygens (including phenoxy) is 1. The van der Waals surface area contributed by atoms with Crippen molar-refractivity contribution in [2.45, 2.75) is 51.5 Å². The minimum Gasteiger partial charge on any atom is -0.449 e. The Hall–Kier alpha value is -0.770. The van der Waals surface area contributed by atoms with E-state index in [9.17, 15) is 4.79 Å². The van der Waals surface area contributed by atoms with Gasteiger partial charge < -0.3 is 15.0 Å². The van der Waals surface area contributed by atoms with Crippen molar-refractivity contribution in [1.29, 1.82) is 0 Å². The quantitative estimate of drug-likeness (QED) is 0.841. The van der Waals surface area contributed by atoms with E-state index in [2.05, 4.69) is 12.2 Å². The van der Waals surface area contributed by atoms with Crippen molar-refractivity contribution in [3.05, 3.63) is 0 Å². The van der Waals surface area contributed by atoms with Gasteiger partial charge in [0, 0.05) is 19.1 Å². The Morgan fingerprint density at radius 2 is 2.22 bits per heavy atom. The number of amides is 1. The summed E-state index contributed by atoms with van der Waals surface area (Å²) < 4.78 is 5.38. The highest BCUT2D eigenvalue weighted by Crippen LogP contribution is 2.16. The molecule has 2 atom stereocenters. The van der Waals surface area contributed by atoms with E-state index in [1.165, 1.54) is 25.7 Å². The van der Waals surface area contributed by atoms with Gasteiger partial charge in [-0.25, -0.2) is 4.79 Å². The Bertz CT molecular complexity index is 265. The van der Waals surface area contributed by atoms with E-state index in [0.29, 0.717) is 18.6 Å². The van der Waals surface area contributed by atoms with E-state index >= 15 is 0 Å². The molecule has 1 amide bonds. The molecule has 0 spiro atoms. The molecule has 2 aliphatic heterocycles. The summed E-state index contributed by atoms with van der Waals surface area (Å²) in [5.41, 5.74) is 0. The molecule has 104 valence electrons. The maximum absolute atomic E-state index is 11.9. The van der Waals surface area contributed by atoms with Gasteiger partial charge in [0.25, 0.3) is 0 Å². The molecule has 2 saturated heterocycles. The average Bonchev–Trinajstić information content (AvgIpc) is 2.40. The molecule has 2 rings (SSSR count). The minimum absolute atomic E-state index is 0.114. The first-order chi connectivity index (χ1) is 8.75. The van der Waals surface area contributed by atoms with Crippen molar-refractivity contribution < 1.29 is 9.53 Å². The second kappa shape index (κ2) is 6.98. The summed E-state index contributed by atoms with van der Waals surface area (Å²) in [6, 6.07) is 0.548. The van der Waals surface area contributed by atoms with Crippen LogP contribution in [0.4, 0.5) is 4.79 Å². The molecule has 4 heteroatoms. The number of piperidine rings is 2. The maximum Gasteiger partial charge on any atom is 0.409 e. The number of hydrogen-bond acceptors (Lipinski definition) is 3. The van der Waals surface area contributed by atoms with E-state index in [0.717, 1.165) is 32.5 Å². The number of nitrogens with one attached hydrogen (secondary N) is 1. The fraction of sp³-hybridized carbons (Fsp3) is 0.929. The summed E-state index contributed by atoms with van der Waals surface area (Å²) in [4.78, 5) is 13.7. The molecule has 0 bridgehead atoms. The lowest BCUT2D eigenvalue weighted by Crippen LogP contribution is -2.40. The summed E-state index contributed by atoms with van der Waals surface area (Å²) in [6.07, 6.45) is 6.98. The number of carbonyl (C=O) groups is 1. The van der Waals surface area contributed by atoms with E-state index in [-0.39, 0.29) is 6.09 Å². The molecule has 2 aliphatic rings. The van der Waals surface area contributed by atoms with E-state index in [1.54, 1.807) is 0 Å². The lowest BCUT2D eigenvalue weighted by atomic mass is 10.0. The van der Waals surface area contributed by atoms with Gasteiger partial charge in [0.15, 0.2) is 0 Å². The van der Waals surface area contributed by atoms with Gasteiger partial charge in [-0.2, -0.15) is 0 Å². The van der Waals surface area contributed by atoms with Gasteiger partial charge in [-0.1, -0.05) is 13.3 Å². The van der Waals surface area contributed by atoms with Crippen LogP contribution in [0.2, 0.25) is 0 Å². The Kier molecular flexibility index (Phi) is 5.29. The van der Waals surface area contributed by atoms with Crippen LogP contribution in [0.3, 0.4) is 0 Å². The molecular formula is C14H26N2O2. The van der Waals surface area contributed by atoms with Crippen LogP contribution in [-0.2, 0) is 4.74 Å². The third kappa shape index (κ3) is 4.16. The third-order valence-electron chi connectivity index (χ3n) is 4.02. The molecule has 4 nitrogen and oxygen atoms in total. The van der Waals surface area contributed by atoms with Gasteiger partial charge in [0.05, 0.1) is 6.61 Å². The smallest absolute Gasteiger partial charge is 0.409 e. The monoisotopic (exact) mass is 254 g/mol. The van der Waals surface area contributed by atoms with Crippen LogP contribution in [-0.4, -0.2) is 43.3 Å². The molecule has 1 N–H and O–H groups in total. The van der Waals surface area contributed by atoms with Crippen LogP contribution in [0.1, 0.15) is 45.4 Å². The fourth-order valence-electron chi connectivity index (χ4n) is 2.91. The molecule has 2 fully saturated rings. The summed E-state index contributed by atoms with van der Waals surface area (Å²) in [7, 11) is 0. The Morgan fingerprint density at radius 3 is 2.94 bits per heavy atom. The van der Waals surface area contributed by atoms with Crippen LogP contribution >= 0.6 is 0 Å². The zero-order chi connectivity index (χ0) is 12.8. The SMILES string of the molecule is CC1CCCN(C(=O)OCCC2CCCCN2)C1. The first-order valence-electron chi connectivity index (χ1n) is 7.41. The molecule has 0 radical (unpaired) electrons. The highest BCUT2D eigenvalue weighted by molar-refractivity contribution is 5.67. The number of hydrogen-bond donors (Lipinski definition) is 1. The molecule has 18 heavy (non-hydrogen) atoms. The van der Waals surface area contributed by atoms with Gasteiger partial charge in [-0.3, -0.25) is 0 Å². The average molecular weight is 254 g/mol. The number of rotatable bonds is 3. The van der Waals surface area contributed by atoms with Crippen molar-refractivity contribution in [2.24, 2.45) is 5.92 Å². The predicted octanol–water partition coefficient (Wildman–Crippen LogP) is 2.39. The largest absolute Gasteiger partial charge is 0.449 e. The Labute approximate surface area is 110 Å². The third-order valence-corrected chi connectivity index (χ3v) is 4.02. The molecule has 0 saturated carbocycles. The molecule has 0 aromatic rings. The lowest BCUT2D eigenvalue weighted by molar-refractivity contribution is 0.0824. The van der Waals surface area contributed by atoms with Crippen LogP contribution in [0.5, 0.6) is 0 Å². The summed E-state index contributed by atoms with van der Waals surface area (Å²) in [5, 5.41) is 3.47. The van der Waals surface area contributed by atoms with Gasteiger partial charge in [-0.15, -0.1) is 0 Å². The zero-order valence-corrected chi connectivity index (χ0v) is 11.5.